The minimum Gasteiger partial charge on any atom is -0.449 e. The first kappa shape index (κ1) is 15.0. The van der Waals surface area contributed by atoms with Gasteiger partial charge in [-0.15, -0.1) is 0 Å². The Labute approximate surface area is 133 Å². The van der Waals surface area contributed by atoms with Crippen molar-refractivity contribution in [2.45, 2.75) is 20.0 Å². The van der Waals surface area contributed by atoms with Crippen LogP contribution in [0.1, 0.15) is 33.3 Å². The molecule has 116 valence electrons. The smallest absolute Gasteiger partial charge is 0.360 e. The van der Waals surface area contributed by atoms with Crippen LogP contribution in [0.25, 0.3) is 10.9 Å². The molecule has 0 spiro atoms. The molecule has 1 aromatic heterocycles. The Kier molecular flexibility index (Phi) is 3.93. The van der Waals surface area contributed by atoms with Crippen LogP contribution < -0.4 is 0 Å². The molecule has 1 unspecified atom stereocenters. The number of hydrogen-bond acceptors (Lipinski definition) is 4. The van der Waals surface area contributed by atoms with E-state index in [0.717, 1.165) is 11.1 Å². The summed E-state index contributed by atoms with van der Waals surface area (Å²) in [5, 5.41) is 7.43. The summed E-state index contributed by atoms with van der Waals surface area (Å²) < 4.78 is 5.28. The van der Waals surface area contributed by atoms with E-state index in [9.17, 15) is 9.59 Å². The third kappa shape index (κ3) is 2.99. The number of carbonyl (C=O) groups excluding carboxylic acids is 2. The monoisotopic (exact) mass is 308 g/mol. The van der Waals surface area contributed by atoms with Gasteiger partial charge in [-0.1, -0.05) is 48.0 Å². The molecule has 5 heteroatoms. The van der Waals surface area contributed by atoms with Gasteiger partial charge in [0, 0.05) is 10.9 Å². The summed E-state index contributed by atoms with van der Waals surface area (Å²) in [5.41, 5.74) is 2.51. The van der Waals surface area contributed by atoms with Gasteiger partial charge in [0.1, 0.15) is 0 Å². The Morgan fingerprint density at radius 3 is 2.52 bits per heavy atom. The van der Waals surface area contributed by atoms with Crippen LogP contribution in [0.2, 0.25) is 0 Å². The second-order valence-corrected chi connectivity index (χ2v) is 5.40. The summed E-state index contributed by atoms with van der Waals surface area (Å²) in [6, 6.07) is 14.4. The van der Waals surface area contributed by atoms with Crippen LogP contribution in [0.15, 0.2) is 48.5 Å². The van der Waals surface area contributed by atoms with E-state index in [4.69, 9.17) is 4.74 Å². The second kappa shape index (κ2) is 6.04. The summed E-state index contributed by atoms with van der Waals surface area (Å²) >= 11 is 0. The molecule has 5 nitrogen and oxygen atoms in total. The van der Waals surface area contributed by atoms with Crippen LogP contribution in [0.4, 0.5) is 0 Å². The fraction of sp³-hybridized carbons (Fsp3) is 0.167. The SMILES string of the molecule is Cc1ccc(C(=O)C(C)OC(=O)c2n[nH]c3ccccc23)cc1. The number of ether oxygens (including phenoxy) is 1. The highest BCUT2D eigenvalue weighted by molar-refractivity contribution is 6.04. The van der Waals surface area contributed by atoms with Gasteiger partial charge in [-0.05, 0) is 19.9 Å². The molecular weight excluding hydrogens is 292 g/mol. The maximum Gasteiger partial charge on any atom is 0.360 e. The predicted molar refractivity (Wildman–Crippen MR) is 86.5 cm³/mol. The molecule has 1 N–H and O–H groups in total. The molecule has 0 aliphatic carbocycles. The van der Waals surface area contributed by atoms with Crippen LogP contribution in [0.5, 0.6) is 0 Å². The molecule has 0 aliphatic rings. The van der Waals surface area contributed by atoms with Crippen LogP contribution >= 0.6 is 0 Å². The third-order valence-electron chi connectivity index (χ3n) is 3.65. The third-order valence-corrected chi connectivity index (χ3v) is 3.65. The number of aromatic amines is 1. The van der Waals surface area contributed by atoms with Crippen molar-refractivity contribution in [3.63, 3.8) is 0 Å². The first-order valence-electron chi connectivity index (χ1n) is 7.31. The van der Waals surface area contributed by atoms with E-state index in [1.54, 1.807) is 25.1 Å². The molecule has 23 heavy (non-hydrogen) atoms. The predicted octanol–water partition coefficient (Wildman–Crippen LogP) is 3.30. The number of ketones is 1. The maximum atomic E-state index is 12.3. The zero-order valence-corrected chi connectivity index (χ0v) is 12.9. The van der Waals surface area contributed by atoms with E-state index in [2.05, 4.69) is 10.2 Å². The van der Waals surface area contributed by atoms with E-state index in [0.29, 0.717) is 10.9 Å². The summed E-state index contributed by atoms with van der Waals surface area (Å²) in [6.07, 6.45) is -0.874. The van der Waals surface area contributed by atoms with Crippen molar-refractivity contribution in [2.24, 2.45) is 0 Å². The molecule has 0 aliphatic heterocycles. The minimum absolute atomic E-state index is 0.184. The van der Waals surface area contributed by atoms with Crippen LogP contribution in [0, 0.1) is 6.92 Å². The number of aromatic nitrogens is 2. The molecule has 0 fully saturated rings. The molecule has 3 rings (SSSR count). The van der Waals surface area contributed by atoms with E-state index in [-0.39, 0.29) is 11.5 Å². The highest BCUT2D eigenvalue weighted by Crippen LogP contribution is 2.17. The van der Waals surface area contributed by atoms with Crippen molar-refractivity contribution in [3.05, 3.63) is 65.4 Å². The Balaban J connectivity index is 1.77. The fourth-order valence-electron chi connectivity index (χ4n) is 2.34. The number of aryl methyl sites for hydroxylation is 1. The molecule has 3 aromatic rings. The van der Waals surface area contributed by atoms with E-state index in [1.807, 2.05) is 37.3 Å². The van der Waals surface area contributed by atoms with E-state index >= 15 is 0 Å². The van der Waals surface area contributed by atoms with Crippen molar-refractivity contribution in [1.82, 2.24) is 10.2 Å². The van der Waals surface area contributed by atoms with Crippen LogP contribution in [-0.2, 0) is 4.74 Å². The number of Topliss-reactive ketones (excluding diaryl/α,β-unsaturated/α-hetero) is 1. The van der Waals surface area contributed by atoms with Gasteiger partial charge in [0.25, 0.3) is 0 Å². The number of nitrogens with one attached hydrogen (secondary N) is 1. The number of rotatable bonds is 4. The zero-order valence-electron chi connectivity index (χ0n) is 12.9. The number of fused-ring (bicyclic) bond motifs is 1. The minimum atomic E-state index is -0.874. The summed E-state index contributed by atoms with van der Waals surface area (Å²) in [5.74, 6) is -0.853. The number of carbonyl (C=O) groups is 2. The Morgan fingerprint density at radius 2 is 1.78 bits per heavy atom. The standard InChI is InChI=1S/C18H16N2O3/c1-11-7-9-13(10-8-11)17(21)12(2)23-18(22)16-14-5-3-4-6-15(14)19-20-16/h3-10,12H,1-2H3,(H,19,20). The van der Waals surface area contributed by atoms with Crippen molar-refractivity contribution in [2.75, 3.05) is 0 Å². The number of hydrogen-bond donors (Lipinski definition) is 1. The maximum absolute atomic E-state index is 12.3. The van der Waals surface area contributed by atoms with Gasteiger partial charge in [0.2, 0.25) is 5.78 Å². The van der Waals surface area contributed by atoms with Gasteiger partial charge < -0.3 is 4.74 Å². The van der Waals surface area contributed by atoms with Crippen molar-refractivity contribution >= 4 is 22.7 Å². The first-order valence-corrected chi connectivity index (χ1v) is 7.31. The number of nitrogens with zero attached hydrogens (tertiary/aromatic N) is 1. The van der Waals surface area contributed by atoms with Gasteiger partial charge in [0.05, 0.1) is 5.52 Å². The summed E-state index contributed by atoms with van der Waals surface area (Å²) in [4.78, 5) is 24.6. The highest BCUT2D eigenvalue weighted by atomic mass is 16.5. The topological polar surface area (TPSA) is 72.1 Å². The lowest BCUT2D eigenvalue weighted by atomic mass is 10.1. The first-order chi connectivity index (χ1) is 11.1. The van der Waals surface area contributed by atoms with E-state index < -0.39 is 12.1 Å². The molecular formula is C18H16N2O3. The second-order valence-electron chi connectivity index (χ2n) is 5.40. The van der Waals surface area contributed by atoms with Gasteiger partial charge in [-0.25, -0.2) is 4.79 Å². The lowest BCUT2D eigenvalue weighted by Crippen LogP contribution is -2.24. The number of para-hydroxylation sites is 1. The Hall–Kier alpha value is -2.95. The quantitative estimate of drug-likeness (QED) is 0.593. The van der Waals surface area contributed by atoms with Gasteiger partial charge in [-0.2, -0.15) is 5.10 Å². The average Bonchev–Trinajstić information content (AvgIpc) is 2.99. The summed E-state index contributed by atoms with van der Waals surface area (Å²) in [6.45, 7) is 3.51. The van der Waals surface area contributed by atoms with Crippen LogP contribution in [0.3, 0.4) is 0 Å². The Morgan fingerprint density at radius 1 is 1.09 bits per heavy atom. The van der Waals surface area contributed by atoms with Crippen molar-refractivity contribution in [3.8, 4) is 0 Å². The van der Waals surface area contributed by atoms with Crippen molar-refractivity contribution < 1.29 is 14.3 Å². The largest absolute Gasteiger partial charge is 0.449 e. The molecule has 0 saturated carbocycles. The molecule has 0 amide bonds. The number of benzene rings is 2. The van der Waals surface area contributed by atoms with E-state index in [1.165, 1.54) is 0 Å². The summed E-state index contributed by atoms with van der Waals surface area (Å²) in [7, 11) is 0. The Bertz CT molecular complexity index is 865. The molecule has 1 heterocycles. The van der Waals surface area contributed by atoms with Crippen LogP contribution in [-0.4, -0.2) is 28.1 Å². The molecule has 1 atom stereocenters. The zero-order chi connectivity index (χ0) is 16.4. The normalized spacial score (nSPS) is 12.1. The van der Waals surface area contributed by atoms with Crippen molar-refractivity contribution in [1.29, 1.82) is 0 Å². The molecule has 2 aromatic carbocycles. The molecule has 0 bridgehead atoms. The van der Waals surface area contributed by atoms with Gasteiger partial charge >= 0.3 is 5.97 Å². The number of esters is 1. The average molecular weight is 308 g/mol. The molecule has 0 saturated heterocycles. The lowest BCUT2D eigenvalue weighted by Gasteiger charge is -2.11. The number of H-pyrrole nitrogens is 1. The molecule has 0 radical (unpaired) electrons. The lowest BCUT2D eigenvalue weighted by molar-refractivity contribution is 0.0315. The van der Waals surface area contributed by atoms with Gasteiger partial charge in [-0.3, -0.25) is 9.89 Å². The highest BCUT2D eigenvalue weighted by Gasteiger charge is 2.23. The van der Waals surface area contributed by atoms with Gasteiger partial charge in [0.15, 0.2) is 11.8 Å². The fourth-order valence-corrected chi connectivity index (χ4v) is 2.34.